The number of nitrogens with zero attached hydrogens (tertiary/aromatic N) is 1. The molecule has 0 N–H and O–H groups in total. The molecule has 1 aromatic rings. The molecule has 1 atom stereocenters. The SMILES string of the molecule is CN1C(=O)CC1c1cccc(Br)c1. The molecule has 0 saturated carbocycles. The standard InChI is InChI=1S/C10H10BrNO/c1-12-9(6-10(12)13)7-3-2-4-8(11)5-7/h2-5,9H,6H2,1H3. The van der Waals surface area contributed by atoms with Crippen LogP contribution in [0.1, 0.15) is 18.0 Å². The summed E-state index contributed by atoms with van der Waals surface area (Å²) in [6.07, 6.45) is 0.646. The molecule has 2 nitrogen and oxygen atoms in total. The van der Waals surface area contributed by atoms with E-state index in [1.165, 1.54) is 5.56 Å². The average Bonchev–Trinajstić information content (AvgIpc) is 2.13. The van der Waals surface area contributed by atoms with Crippen LogP contribution in [0.15, 0.2) is 28.7 Å². The van der Waals surface area contributed by atoms with Crippen LogP contribution < -0.4 is 0 Å². The van der Waals surface area contributed by atoms with Gasteiger partial charge >= 0.3 is 0 Å². The van der Waals surface area contributed by atoms with E-state index in [0.29, 0.717) is 6.42 Å². The molecule has 0 aliphatic carbocycles. The van der Waals surface area contributed by atoms with E-state index in [-0.39, 0.29) is 11.9 Å². The average molecular weight is 240 g/mol. The van der Waals surface area contributed by atoms with Crippen LogP contribution in [0.25, 0.3) is 0 Å². The predicted molar refractivity (Wildman–Crippen MR) is 54.3 cm³/mol. The fourth-order valence-electron chi connectivity index (χ4n) is 1.56. The Balaban J connectivity index is 2.23. The Labute approximate surface area is 85.7 Å². The summed E-state index contributed by atoms with van der Waals surface area (Å²) in [5, 5.41) is 0. The maximum Gasteiger partial charge on any atom is 0.225 e. The summed E-state index contributed by atoms with van der Waals surface area (Å²) in [4.78, 5) is 12.8. The van der Waals surface area contributed by atoms with Gasteiger partial charge in [0.15, 0.2) is 0 Å². The number of halogens is 1. The normalized spacial score (nSPS) is 21.5. The molecule has 1 aromatic carbocycles. The number of rotatable bonds is 1. The highest BCUT2D eigenvalue weighted by Gasteiger charge is 2.33. The molecule has 2 rings (SSSR count). The molecule has 0 bridgehead atoms. The zero-order valence-electron chi connectivity index (χ0n) is 7.33. The minimum atomic E-state index is 0.227. The Hall–Kier alpha value is -0.830. The first kappa shape index (κ1) is 8.75. The molecule has 1 unspecified atom stereocenters. The van der Waals surface area contributed by atoms with Crippen molar-refractivity contribution >= 4 is 21.8 Å². The van der Waals surface area contributed by atoms with Gasteiger partial charge in [0.2, 0.25) is 5.91 Å². The maximum atomic E-state index is 11.0. The van der Waals surface area contributed by atoms with Crippen LogP contribution in [0.2, 0.25) is 0 Å². The lowest BCUT2D eigenvalue weighted by atomic mass is 9.95. The van der Waals surface area contributed by atoms with Crippen molar-refractivity contribution in [3.8, 4) is 0 Å². The van der Waals surface area contributed by atoms with Crippen LogP contribution >= 0.6 is 15.9 Å². The van der Waals surface area contributed by atoms with Gasteiger partial charge in [-0.05, 0) is 17.7 Å². The highest BCUT2D eigenvalue weighted by atomic mass is 79.9. The highest BCUT2D eigenvalue weighted by Crippen LogP contribution is 2.33. The van der Waals surface area contributed by atoms with Crippen molar-refractivity contribution in [1.29, 1.82) is 0 Å². The van der Waals surface area contributed by atoms with Gasteiger partial charge in [0.1, 0.15) is 0 Å². The minimum Gasteiger partial charge on any atom is -0.338 e. The zero-order chi connectivity index (χ0) is 9.42. The van der Waals surface area contributed by atoms with E-state index >= 15 is 0 Å². The summed E-state index contributed by atoms with van der Waals surface area (Å²) < 4.78 is 1.07. The van der Waals surface area contributed by atoms with E-state index in [1.807, 2.05) is 19.2 Å². The monoisotopic (exact) mass is 239 g/mol. The second kappa shape index (κ2) is 3.14. The summed E-state index contributed by atoms with van der Waals surface area (Å²) in [5.41, 5.74) is 1.21. The first-order valence-corrected chi connectivity index (χ1v) is 4.99. The quantitative estimate of drug-likeness (QED) is 0.690. The third-order valence-electron chi connectivity index (χ3n) is 2.46. The number of carbonyl (C=O) groups is 1. The summed E-state index contributed by atoms with van der Waals surface area (Å²) >= 11 is 3.42. The third-order valence-corrected chi connectivity index (χ3v) is 2.96. The van der Waals surface area contributed by atoms with Crippen LogP contribution in [0, 0.1) is 0 Å². The summed E-state index contributed by atoms with van der Waals surface area (Å²) in [6, 6.07) is 8.39. The van der Waals surface area contributed by atoms with Crippen LogP contribution in [-0.4, -0.2) is 17.9 Å². The molecular formula is C10H10BrNO. The van der Waals surface area contributed by atoms with E-state index in [0.717, 1.165) is 4.47 Å². The number of hydrogen-bond acceptors (Lipinski definition) is 1. The Kier molecular flexibility index (Phi) is 2.12. The number of carbonyl (C=O) groups excluding carboxylic acids is 1. The number of amides is 1. The minimum absolute atomic E-state index is 0.227. The Morgan fingerprint density at radius 3 is 2.85 bits per heavy atom. The Morgan fingerprint density at radius 2 is 2.31 bits per heavy atom. The van der Waals surface area contributed by atoms with E-state index < -0.39 is 0 Å². The van der Waals surface area contributed by atoms with Gasteiger partial charge in [0, 0.05) is 11.5 Å². The molecular weight excluding hydrogens is 230 g/mol. The van der Waals surface area contributed by atoms with Crippen molar-refractivity contribution in [1.82, 2.24) is 4.90 Å². The van der Waals surface area contributed by atoms with E-state index in [2.05, 4.69) is 28.1 Å². The van der Waals surface area contributed by atoms with Crippen molar-refractivity contribution in [3.63, 3.8) is 0 Å². The number of likely N-dealkylation sites (tertiary alicyclic amines) is 1. The summed E-state index contributed by atoms with van der Waals surface area (Å²) in [6.45, 7) is 0. The first-order valence-electron chi connectivity index (χ1n) is 4.19. The number of β-lactam (4-membered cyclic amide) rings is 1. The second-order valence-corrected chi connectivity index (χ2v) is 4.20. The number of hydrogen-bond donors (Lipinski definition) is 0. The summed E-state index contributed by atoms with van der Waals surface area (Å²) in [7, 11) is 1.84. The van der Waals surface area contributed by atoms with Crippen molar-refractivity contribution in [2.45, 2.75) is 12.5 Å². The van der Waals surface area contributed by atoms with Crippen molar-refractivity contribution in [2.75, 3.05) is 7.05 Å². The molecule has 1 amide bonds. The molecule has 0 spiro atoms. The van der Waals surface area contributed by atoms with Gasteiger partial charge in [-0.25, -0.2) is 0 Å². The van der Waals surface area contributed by atoms with Crippen molar-refractivity contribution < 1.29 is 4.79 Å². The van der Waals surface area contributed by atoms with Gasteiger partial charge in [-0.3, -0.25) is 4.79 Å². The fourth-order valence-corrected chi connectivity index (χ4v) is 1.98. The van der Waals surface area contributed by atoms with Crippen LogP contribution in [0.4, 0.5) is 0 Å². The lowest BCUT2D eigenvalue weighted by Crippen LogP contribution is -2.43. The molecule has 1 heterocycles. The van der Waals surface area contributed by atoms with E-state index in [9.17, 15) is 4.79 Å². The van der Waals surface area contributed by atoms with Gasteiger partial charge in [-0.15, -0.1) is 0 Å². The molecule has 3 heteroatoms. The lowest BCUT2D eigenvalue weighted by Gasteiger charge is -2.37. The van der Waals surface area contributed by atoms with Crippen LogP contribution in [-0.2, 0) is 4.79 Å². The van der Waals surface area contributed by atoms with Crippen molar-refractivity contribution in [2.24, 2.45) is 0 Å². The lowest BCUT2D eigenvalue weighted by molar-refractivity contribution is -0.143. The largest absolute Gasteiger partial charge is 0.338 e. The fraction of sp³-hybridized carbons (Fsp3) is 0.300. The van der Waals surface area contributed by atoms with Crippen molar-refractivity contribution in [3.05, 3.63) is 34.3 Å². The second-order valence-electron chi connectivity index (χ2n) is 3.28. The molecule has 68 valence electrons. The topological polar surface area (TPSA) is 20.3 Å². The van der Waals surface area contributed by atoms with E-state index in [1.54, 1.807) is 4.90 Å². The zero-order valence-corrected chi connectivity index (χ0v) is 8.91. The van der Waals surface area contributed by atoms with Gasteiger partial charge < -0.3 is 4.90 Å². The third kappa shape index (κ3) is 1.48. The van der Waals surface area contributed by atoms with Gasteiger partial charge in [0.25, 0.3) is 0 Å². The highest BCUT2D eigenvalue weighted by molar-refractivity contribution is 9.10. The van der Waals surface area contributed by atoms with E-state index in [4.69, 9.17) is 0 Å². The van der Waals surface area contributed by atoms with Gasteiger partial charge in [-0.2, -0.15) is 0 Å². The summed E-state index contributed by atoms with van der Waals surface area (Å²) in [5.74, 6) is 0.227. The predicted octanol–water partition coefficient (Wildman–Crippen LogP) is 2.35. The molecule has 0 aromatic heterocycles. The molecule has 13 heavy (non-hydrogen) atoms. The molecule has 1 saturated heterocycles. The molecule has 1 aliphatic rings. The smallest absolute Gasteiger partial charge is 0.225 e. The Bertz CT molecular complexity index is 351. The van der Waals surface area contributed by atoms with Gasteiger partial charge in [0.05, 0.1) is 12.5 Å². The Morgan fingerprint density at radius 1 is 1.54 bits per heavy atom. The maximum absolute atomic E-state index is 11.0. The molecule has 1 aliphatic heterocycles. The van der Waals surface area contributed by atoms with Crippen LogP contribution in [0.3, 0.4) is 0 Å². The first-order chi connectivity index (χ1) is 6.18. The number of benzene rings is 1. The molecule has 1 fully saturated rings. The van der Waals surface area contributed by atoms with Crippen LogP contribution in [0.5, 0.6) is 0 Å². The molecule has 0 radical (unpaired) electrons. The van der Waals surface area contributed by atoms with Gasteiger partial charge in [-0.1, -0.05) is 28.1 Å².